The second kappa shape index (κ2) is 10.2. The first-order chi connectivity index (χ1) is 15.7. The third-order valence-corrected chi connectivity index (χ3v) is 5.47. The van der Waals surface area contributed by atoms with Crippen LogP contribution in [-0.4, -0.2) is 31.6 Å². The smallest absolute Gasteiger partial charge is 0.231 e. The molecule has 166 valence electrons. The van der Waals surface area contributed by atoms with Gasteiger partial charge in [0.25, 0.3) is 0 Å². The van der Waals surface area contributed by atoms with Crippen molar-refractivity contribution >= 4 is 11.1 Å². The summed E-state index contributed by atoms with van der Waals surface area (Å²) >= 11 is 0. The minimum Gasteiger partial charge on any atom is -0.508 e. The second-order valence-corrected chi connectivity index (χ2v) is 7.55. The fourth-order valence-corrected chi connectivity index (χ4v) is 3.89. The molecule has 1 aliphatic rings. The van der Waals surface area contributed by atoms with Crippen LogP contribution in [0, 0.1) is 0 Å². The molecule has 0 radical (unpaired) electrons. The molecular weight excluding hydrogens is 402 g/mol. The number of ether oxygens (including phenoxy) is 3. The molecular formula is C27H29NO4. The van der Waals surface area contributed by atoms with Gasteiger partial charge in [-0.15, -0.1) is 0 Å². The molecule has 3 aromatic carbocycles. The summed E-state index contributed by atoms with van der Waals surface area (Å²) in [5, 5.41) is 13.1. The lowest BCUT2D eigenvalue weighted by atomic mass is 9.88. The van der Waals surface area contributed by atoms with Crippen LogP contribution in [0.1, 0.15) is 37.0 Å². The van der Waals surface area contributed by atoms with Crippen molar-refractivity contribution in [1.82, 2.24) is 5.32 Å². The van der Waals surface area contributed by atoms with Crippen LogP contribution in [0.4, 0.5) is 0 Å². The monoisotopic (exact) mass is 431 g/mol. The van der Waals surface area contributed by atoms with Crippen LogP contribution in [0.3, 0.4) is 0 Å². The number of aromatic hydroxyl groups is 1. The van der Waals surface area contributed by atoms with Crippen molar-refractivity contribution in [2.75, 3.05) is 26.5 Å². The van der Waals surface area contributed by atoms with Gasteiger partial charge in [-0.1, -0.05) is 44.2 Å². The summed E-state index contributed by atoms with van der Waals surface area (Å²) in [5.74, 6) is 2.63. The van der Waals surface area contributed by atoms with Crippen molar-refractivity contribution in [3.8, 4) is 23.0 Å². The van der Waals surface area contributed by atoms with E-state index in [2.05, 4.69) is 37.4 Å². The lowest BCUT2D eigenvalue weighted by Gasteiger charge is -2.17. The minimum absolute atomic E-state index is 0.249. The molecule has 0 saturated heterocycles. The van der Waals surface area contributed by atoms with Gasteiger partial charge in [0.2, 0.25) is 6.79 Å². The molecule has 3 aromatic rings. The van der Waals surface area contributed by atoms with Crippen molar-refractivity contribution in [2.24, 2.45) is 0 Å². The van der Waals surface area contributed by atoms with Crippen LogP contribution in [0.25, 0.3) is 11.1 Å². The molecule has 0 atom stereocenters. The highest BCUT2D eigenvalue weighted by Crippen LogP contribution is 2.40. The zero-order valence-corrected chi connectivity index (χ0v) is 18.6. The average molecular weight is 432 g/mol. The van der Waals surface area contributed by atoms with Crippen LogP contribution in [0.2, 0.25) is 0 Å². The van der Waals surface area contributed by atoms with E-state index in [1.807, 2.05) is 36.4 Å². The van der Waals surface area contributed by atoms with E-state index in [4.69, 9.17) is 14.2 Å². The van der Waals surface area contributed by atoms with Crippen LogP contribution in [0.15, 0.2) is 66.7 Å². The molecule has 1 heterocycles. The third-order valence-electron chi connectivity index (χ3n) is 5.47. The number of allylic oxidation sites excluding steroid dienone is 1. The van der Waals surface area contributed by atoms with E-state index in [0.29, 0.717) is 6.61 Å². The standard InChI is InChI=1S/C27H29NO4/c1-3-24(21-9-14-25-26(17-21)32-18-31-25)27(19-5-10-22(29)11-6-19)20-7-12-23(13-8-20)30-16-15-28-4-2/h5-14,17,28-29H,3-4,15-16,18H2,1-2H3/b27-24-. The van der Waals surface area contributed by atoms with Gasteiger partial charge in [-0.25, -0.2) is 0 Å². The van der Waals surface area contributed by atoms with Crippen LogP contribution < -0.4 is 19.5 Å². The van der Waals surface area contributed by atoms with Gasteiger partial charge in [0.05, 0.1) is 0 Å². The van der Waals surface area contributed by atoms with Crippen molar-refractivity contribution < 1.29 is 19.3 Å². The van der Waals surface area contributed by atoms with Gasteiger partial charge in [-0.05, 0) is 77.2 Å². The van der Waals surface area contributed by atoms with Gasteiger partial charge < -0.3 is 24.6 Å². The number of benzene rings is 3. The summed E-state index contributed by atoms with van der Waals surface area (Å²) < 4.78 is 16.9. The van der Waals surface area contributed by atoms with E-state index in [1.165, 1.54) is 5.57 Å². The highest BCUT2D eigenvalue weighted by molar-refractivity contribution is 5.99. The zero-order valence-electron chi connectivity index (χ0n) is 18.6. The molecule has 0 saturated carbocycles. The summed E-state index contributed by atoms with van der Waals surface area (Å²) in [4.78, 5) is 0. The Morgan fingerprint density at radius 1 is 0.875 bits per heavy atom. The molecule has 0 spiro atoms. The molecule has 0 aliphatic carbocycles. The number of nitrogens with one attached hydrogen (secondary N) is 1. The Morgan fingerprint density at radius 3 is 2.22 bits per heavy atom. The van der Waals surface area contributed by atoms with Gasteiger partial charge in [0.1, 0.15) is 18.1 Å². The number of phenols is 1. The van der Waals surface area contributed by atoms with Crippen LogP contribution >= 0.6 is 0 Å². The largest absolute Gasteiger partial charge is 0.508 e. The summed E-state index contributed by atoms with van der Waals surface area (Å²) in [7, 11) is 0. The van der Waals surface area contributed by atoms with E-state index < -0.39 is 0 Å². The molecule has 2 N–H and O–H groups in total. The molecule has 0 bridgehead atoms. The summed E-state index contributed by atoms with van der Waals surface area (Å²) in [5.41, 5.74) is 5.52. The SMILES string of the molecule is CCNCCOc1ccc(/C(=C(/CC)c2ccc3c(c2)OCO3)c2ccc(O)cc2)cc1. The van der Waals surface area contributed by atoms with E-state index in [0.717, 1.165) is 59.0 Å². The summed E-state index contributed by atoms with van der Waals surface area (Å²) in [6, 6.07) is 21.6. The molecule has 4 rings (SSSR count). The van der Waals surface area contributed by atoms with E-state index in [9.17, 15) is 5.11 Å². The number of hydrogen-bond acceptors (Lipinski definition) is 5. The second-order valence-electron chi connectivity index (χ2n) is 7.55. The number of hydrogen-bond donors (Lipinski definition) is 2. The molecule has 0 aromatic heterocycles. The molecule has 1 aliphatic heterocycles. The molecule has 0 fully saturated rings. The van der Waals surface area contributed by atoms with Gasteiger partial charge in [-0.3, -0.25) is 0 Å². The topological polar surface area (TPSA) is 60.0 Å². The first-order valence-electron chi connectivity index (χ1n) is 11.1. The highest BCUT2D eigenvalue weighted by atomic mass is 16.7. The number of likely N-dealkylation sites (N-methyl/N-ethyl adjacent to an activating group) is 1. The first-order valence-corrected chi connectivity index (χ1v) is 11.1. The van der Waals surface area contributed by atoms with Gasteiger partial charge in [0.15, 0.2) is 11.5 Å². The Labute approximate surface area is 189 Å². The van der Waals surface area contributed by atoms with Gasteiger partial charge in [-0.2, -0.15) is 0 Å². The Hall–Kier alpha value is -3.44. The van der Waals surface area contributed by atoms with Gasteiger partial charge >= 0.3 is 0 Å². The molecule has 5 heteroatoms. The molecule has 5 nitrogen and oxygen atoms in total. The quantitative estimate of drug-likeness (QED) is 0.347. The fourth-order valence-electron chi connectivity index (χ4n) is 3.89. The average Bonchev–Trinajstić information content (AvgIpc) is 3.30. The first kappa shape index (κ1) is 21.8. The van der Waals surface area contributed by atoms with Crippen molar-refractivity contribution in [3.05, 3.63) is 83.4 Å². The van der Waals surface area contributed by atoms with Crippen molar-refractivity contribution in [3.63, 3.8) is 0 Å². The predicted molar refractivity (Wildman–Crippen MR) is 127 cm³/mol. The molecule has 0 unspecified atom stereocenters. The lowest BCUT2D eigenvalue weighted by Crippen LogP contribution is -2.20. The Morgan fingerprint density at radius 2 is 1.53 bits per heavy atom. The summed E-state index contributed by atoms with van der Waals surface area (Å²) in [6.45, 7) is 6.87. The Kier molecular flexibility index (Phi) is 6.97. The van der Waals surface area contributed by atoms with E-state index >= 15 is 0 Å². The fraction of sp³-hybridized carbons (Fsp3) is 0.259. The third kappa shape index (κ3) is 4.89. The normalized spacial score (nSPS) is 13.1. The predicted octanol–water partition coefficient (Wildman–Crippen LogP) is 5.48. The van der Waals surface area contributed by atoms with E-state index in [1.54, 1.807) is 12.1 Å². The van der Waals surface area contributed by atoms with Crippen molar-refractivity contribution in [2.45, 2.75) is 20.3 Å². The molecule has 0 amide bonds. The van der Waals surface area contributed by atoms with Crippen LogP contribution in [0.5, 0.6) is 23.0 Å². The van der Waals surface area contributed by atoms with E-state index in [-0.39, 0.29) is 12.5 Å². The minimum atomic E-state index is 0.249. The number of rotatable bonds is 9. The maximum absolute atomic E-state index is 9.82. The van der Waals surface area contributed by atoms with Crippen molar-refractivity contribution in [1.29, 1.82) is 0 Å². The Bertz CT molecular complexity index is 1070. The number of phenolic OH excluding ortho intramolecular Hbond substituents is 1. The highest BCUT2D eigenvalue weighted by Gasteiger charge is 2.18. The Balaban J connectivity index is 1.74. The summed E-state index contributed by atoms with van der Waals surface area (Å²) in [6.07, 6.45) is 0.830. The van der Waals surface area contributed by atoms with Crippen LogP contribution in [-0.2, 0) is 0 Å². The molecule has 32 heavy (non-hydrogen) atoms. The van der Waals surface area contributed by atoms with Gasteiger partial charge in [0, 0.05) is 6.54 Å². The zero-order chi connectivity index (χ0) is 22.3. The maximum atomic E-state index is 9.82. The number of fused-ring (bicyclic) bond motifs is 1. The lowest BCUT2D eigenvalue weighted by molar-refractivity contribution is 0.174. The maximum Gasteiger partial charge on any atom is 0.231 e.